The summed E-state index contributed by atoms with van der Waals surface area (Å²) >= 11 is 3.37. The maximum Gasteiger partial charge on any atom is 0.231 e. The maximum atomic E-state index is 12.4. The van der Waals surface area contributed by atoms with Crippen molar-refractivity contribution in [3.63, 3.8) is 0 Å². The topological polar surface area (TPSA) is 39.4 Å². The molecule has 0 aliphatic heterocycles. The number of ether oxygens (including phenoxy) is 1. The van der Waals surface area contributed by atoms with E-state index in [1.165, 1.54) is 0 Å². The van der Waals surface area contributed by atoms with Crippen LogP contribution in [0.4, 0.5) is 0 Å². The number of ketones is 1. The normalized spacial score (nSPS) is 10.5. The molecule has 100 valence electrons. The van der Waals surface area contributed by atoms with Crippen LogP contribution in [0.15, 0.2) is 39.2 Å². The van der Waals surface area contributed by atoms with Crippen LogP contribution in [-0.2, 0) is 6.42 Å². The molecule has 3 nitrogen and oxygen atoms in total. The van der Waals surface area contributed by atoms with Crippen molar-refractivity contribution < 1.29 is 13.9 Å². The summed E-state index contributed by atoms with van der Waals surface area (Å²) in [7, 11) is 0. The number of carbonyl (C=O) groups is 1. The third-order valence-electron chi connectivity index (χ3n) is 2.72. The van der Waals surface area contributed by atoms with E-state index in [0.29, 0.717) is 23.7 Å². The number of furan rings is 1. The van der Waals surface area contributed by atoms with Crippen LogP contribution < -0.4 is 4.74 Å². The van der Waals surface area contributed by atoms with Crippen LogP contribution in [0.5, 0.6) is 5.75 Å². The van der Waals surface area contributed by atoms with E-state index in [1.54, 1.807) is 18.2 Å². The molecular weight excluding hydrogens is 308 g/mol. The van der Waals surface area contributed by atoms with Gasteiger partial charge in [0.2, 0.25) is 5.78 Å². The fourth-order valence-electron chi connectivity index (χ4n) is 1.78. The highest BCUT2D eigenvalue weighted by Gasteiger charge is 2.18. The Morgan fingerprint density at radius 3 is 2.68 bits per heavy atom. The Morgan fingerprint density at radius 1 is 1.26 bits per heavy atom. The Morgan fingerprint density at radius 2 is 2.05 bits per heavy atom. The number of hydrogen-bond donors (Lipinski definition) is 0. The molecule has 0 saturated heterocycles. The minimum absolute atomic E-state index is 0.163. The Hall–Kier alpha value is -1.55. The van der Waals surface area contributed by atoms with E-state index >= 15 is 0 Å². The van der Waals surface area contributed by atoms with Crippen molar-refractivity contribution in [3.8, 4) is 5.75 Å². The van der Waals surface area contributed by atoms with E-state index in [4.69, 9.17) is 9.15 Å². The number of aryl methyl sites for hydroxylation is 1. The lowest BCUT2D eigenvalue weighted by atomic mass is 10.1. The molecule has 0 unspecified atom stereocenters. The molecule has 4 heteroatoms. The van der Waals surface area contributed by atoms with Crippen molar-refractivity contribution in [2.24, 2.45) is 0 Å². The van der Waals surface area contributed by atoms with Crippen molar-refractivity contribution in [2.45, 2.75) is 20.3 Å². The largest absolute Gasteiger partial charge is 0.493 e. The van der Waals surface area contributed by atoms with Gasteiger partial charge >= 0.3 is 0 Å². The number of halogens is 1. The molecule has 0 atom stereocenters. The zero-order valence-electron chi connectivity index (χ0n) is 10.9. The molecule has 0 spiro atoms. The van der Waals surface area contributed by atoms with Crippen molar-refractivity contribution >= 4 is 21.7 Å². The quantitative estimate of drug-likeness (QED) is 0.773. The molecule has 0 fully saturated rings. The Bertz CT molecular complexity index is 587. The van der Waals surface area contributed by atoms with Crippen LogP contribution in [0.1, 0.15) is 35.7 Å². The summed E-state index contributed by atoms with van der Waals surface area (Å²) in [5, 5.41) is 0. The smallest absolute Gasteiger partial charge is 0.231 e. The Labute approximate surface area is 120 Å². The molecule has 0 aliphatic carbocycles. The molecule has 0 saturated carbocycles. The molecule has 0 bridgehead atoms. The average Bonchev–Trinajstić information content (AvgIpc) is 2.89. The molecule has 1 heterocycles. The lowest BCUT2D eigenvalue weighted by Crippen LogP contribution is -2.04. The first kappa shape index (κ1) is 13.9. The second-order valence-electron chi connectivity index (χ2n) is 4.02. The predicted octanol–water partition coefficient (Wildman–Crippen LogP) is 4.23. The molecule has 1 aromatic heterocycles. The second-order valence-corrected chi connectivity index (χ2v) is 4.94. The molecule has 0 aliphatic rings. The highest BCUT2D eigenvalue weighted by molar-refractivity contribution is 9.10. The third-order valence-corrected chi connectivity index (χ3v) is 3.21. The molecule has 2 aromatic rings. The first-order chi connectivity index (χ1) is 9.15. The third kappa shape index (κ3) is 3.07. The standard InChI is InChI=1S/C15H15BrO3/c1-3-11-6-8-14(19-11)15(17)12-9-10(16)5-7-13(12)18-4-2/h5-9H,3-4H2,1-2H3. The van der Waals surface area contributed by atoms with Crippen LogP contribution in [0.3, 0.4) is 0 Å². The van der Waals surface area contributed by atoms with Gasteiger partial charge in [0.1, 0.15) is 11.5 Å². The van der Waals surface area contributed by atoms with Gasteiger partial charge in [-0.25, -0.2) is 0 Å². The predicted molar refractivity (Wildman–Crippen MR) is 76.8 cm³/mol. The number of rotatable bonds is 5. The van der Waals surface area contributed by atoms with E-state index in [9.17, 15) is 4.79 Å². The lowest BCUT2D eigenvalue weighted by Gasteiger charge is -2.08. The van der Waals surface area contributed by atoms with Crippen LogP contribution >= 0.6 is 15.9 Å². The highest BCUT2D eigenvalue weighted by Crippen LogP contribution is 2.26. The van der Waals surface area contributed by atoms with Gasteiger partial charge in [-0.2, -0.15) is 0 Å². The van der Waals surface area contributed by atoms with Gasteiger partial charge in [-0.1, -0.05) is 22.9 Å². The van der Waals surface area contributed by atoms with E-state index < -0.39 is 0 Å². The molecule has 19 heavy (non-hydrogen) atoms. The Kier molecular flexibility index (Phi) is 4.43. The second kappa shape index (κ2) is 6.06. The summed E-state index contributed by atoms with van der Waals surface area (Å²) in [5.74, 6) is 1.56. The van der Waals surface area contributed by atoms with E-state index in [1.807, 2.05) is 26.0 Å². The SMILES string of the molecule is CCOc1ccc(Br)cc1C(=O)c1ccc(CC)o1. The minimum Gasteiger partial charge on any atom is -0.493 e. The van der Waals surface area contributed by atoms with Crippen molar-refractivity contribution in [1.29, 1.82) is 0 Å². The summed E-state index contributed by atoms with van der Waals surface area (Å²) in [4.78, 5) is 12.4. The molecule has 0 radical (unpaired) electrons. The van der Waals surface area contributed by atoms with Gasteiger partial charge in [0.15, 0.2) is 5.76 Å². The number of carbonyl (C=O) groups excluding carboxylic acids is 1. The molecule has 1 aromatic carbocycles. The van der Waals surface area contributed by atoms with E-state index in [-0.39, 0.29) is 5.78 Å². The summed E-state index contributed by atoms with van der Waals surface area (Å²) in [6, 6.07) is 8.91. The monoisotopic (exact) mass is 322 g/mol. The molecule has 2 rings (SSSR count). The molecule has 0 N–H and O–H groups in total. The minimum atomic E-state index is -0.163. The molecular formula is C15H15BrO3. The average molecular weight is 323 g/mol. The van der Waals surface area contributed by atoms with Crippen LogP contribution in [0.25, 0.3) is 0 Å². The van der Waals surface area contributed by atoms with Crippen LogP contribution in [0.2, 0.25) is 0 Å². The number of hydrogen-bond acceptors (Lipinski definition) is 3. The molecule has 0 amide bonds. The van der Waals surface area contributed by atoms with Gasteiger partial charge in [0, 0.05) is 10.9 Å². The van der Waals surface area contributed by atoms with Crippen LogP contribution in [-0.4, -0.2) is 12.4 Å². The first-order valence-corrected chi connectivity index (χ1v) is 7.00. The summed E-state index contributed by atoms with van der Waals surface area (Å²) in [6.07, 6.45) is 0.768. The van der Waals surface area contributed by atoms with E-state index in [0.717, 1.165) is 16.7 Å². The summed E-state index contributed by atoms with van der Waals surface area (Å²) in [6.45, 7) is 4.39. The zero-order chi connectivity index (χ0) is 13.8. The Balaban J connectivity index is 2.39. The van der Waals surface area contributed by atoms with Crippen molar-refractivity contribution in [3.05, 3.63) is 51.9 Å². The fourth-order valence-corrected chi connectivity index (χ4v) is 2.14. The van der Waals surface area contributed by atoms with Gasteiger partial charge in [-0.05, 0) is 37.3 Å². The first-order valence-electron chi connectivity index (χ1n) is 6.21. The van der Waals surface area contributed by atoms with Gasteiger partial charge < -0.3 is 9.15 Å². The van der Waals surface area contributed by atoms with Crippen molar-refractivity contribution in [1.82, 2.24) is 0 Å². The lowest BCUT2D eigenvalue weighted by molar-refractivity contribution is 0.100. The maximum absolute atomic E-state index is 12.4. The van der Waals surface area contributed by atoms with Gasteiger partial charge in [-0.3, -0.25) is 4.79 Å². The van der Waals surface area contributed by atoms with E-state index in [2.05, 4.69) is 15.9 Å². The van der Waals surface area contributed by atoms with Crippen LogP contribution in [0, 0.1) is 0 Å². The number of benzene rings is 1. The summed E-state index contributed by atoms with van der Waals surface area (Å²) < 4.78 is 11.8. The fraction of sp³-hybridized carbons (Fsp3) is 0.267. The zero-order valence-corrected chi connectivity index (χ0v) is 12.5. The van der Waals surface area contributed by atoms with Gasteiger partial charge in [-0.15, -0.1) is 0 Å². The summed E-state index contributed by atoms with van der Waals surface area (Å²) in [5.41, 5.74) is 0.508. The van der Waals surface area contributed by atoms with Crippen molar-refractivity contribution in [2.75, 3.05) is 6.61 Å². The van der Waals surface area contributed by atoms with Gasteiger partial charge in [0.05, 0.1) is 12.2 Å². The van der Waals surface area contributed by atoms with Gasteiger partial charge in [0.25, 0.3) is 0 Å². The highest BCUT2D eigenvalue weighted by atomic mass is 79.9.